The molecule has 2 aromatic carbocycles. The summed E-state index contributed by atoms with van der Waals surface area (Å²) in [5.74, 6) is 0.419. The Kier molecular flexibility index (Phi) is 4.32. The number of hydrogen-bond acceptors (Lipinski definition) is 3. The number of nitrogens with two attached hydrogens (primary N) is 1. The maximum absolute atomic E-state index is 11.2. The zero-order valence-corrected chi connectivity index (χ0v) is 12.4. The second-order valence-corrected chi connectivity index (χ2v) is 6.32. The Balaban J connectivity index is 2.17. The van der Waals surface area contributed by atoms with E-state index in [-0.39, 0.29) is 9.92 Å². The van der Waals surface area contributed by atoms with Crippen molar-refractivity contribution in [2.24, 2.45) is 5.14 Å². The average molecular weight is 312 g/mol. The average Bonchev–Trinajstić information content (AvgIpc) is 2.38. The second kappa shape index (κ2) is 5.83. The van der Waals surface area contributed by atoms with Crippen LogP contribution in [0.4, 0.5) is 0 Å². The lowest BCUT2D eigenvalue weighted by Crippen LogP contribution is -2.12. The minimum Gasteiger partial charge on any atom is -0.487 e. The fourth-order valence-electron chi connectivity index (χ4n) is 1.70. The van der Waals surface area contributed by atoms with Crippen LogP contribution < -0.4 is 9.88 Å². The van der Waals surface area contributed by atoms with Crippen molar-refractivity contribution < 1.29 is 13.2 Å². The number of ether oxygens (including phenoxy) is 1. The van der Waals surface area contributed by atoms with Crippen molar-refractivity contribution >= 4 is 21.6 Å². The topological polar surface area (TPSA) is 69.4 Å². The molecule has 0 amide bonds. The van der Waals surface area contributed by atoms with E-state index >= 15 is 0 Å². The van der Waals surface area contributed by atoms with Gasteiger partial charge in [-0.2, -0.15) is 0 Å². The van der Waals surface area contributed by atoms with E-state index in [1.807, 2.05) is 31.2 Å². The van der Waals surface area contributed by atoms with Crippen LogP contribution in [0.3, 0.4) is 0 Å². The summed E-state index contributed by atoms with van der Waals surface area (Å²) in [7, 11) is -3.76. The van der Waals surface area contributed by atoms with Crippen molar-refractivity contribution in [2.45, 2.75) is 18.4 Å². The summed E-state index contributed by atoms with van der Waals surface area (Å²) in [6.07, 6.45) is 0. The third-order valence-electron chi connectivity index (χ3n) is 2.88. The quantitative estimate of drug-likeness (QED) is 0.944. The van der Waals surface area contributed by atoms with E-state index < -0.39 is 10.0 Å². The van der Waals surface area contributed by atoms with Crippen LogP contribution in [0, 0.1) is 6.92 Å². The van der Waals surface area contributed by atoms with Gasteiger partial charge in [0.25, 0.3) is 0 Å². The molecule has 0 saturated carbocycles. The predicted octanol–water partition coefficient (Wildman–Crippen LogP) is 2.87. The van der Waals surface area contributed by atoms with Gasteiger partial charge in [0.05, 0.1) is 9.92 Å². The Hall–Kier alpha value is -1.56. The second-order valence-electron chi connectivity index (χ2n) is 4.35. The Morgan fingerprint density at radius 3 is 2.50 bits per heavy atom. The molecule has 0 saturated heterocycles. The molecule has 0 bridgehead atoms. The highest BCUT2D eigenvalue weighted by molar-refractivity contribution is 7.89. The molecule has 0 aliphatic heterocycles. The van der Waals surface area contributed by atoms with Crippen molar-refractivity contribution in [3.8, 4) is 5.75 Å². The summed E-state index contributed by atoms with van der Waals surface area (Å²) in [5.41, 5.74) is 2.16. The molecule has 0 aromatic heterocycles. The van der Waals surface area contributed by atoms with Crippen LogP contribution in [0.1, 0.15) is 11.1 Å². The van der Waals surface area contributed by atoms with E-state index in [0.717, 1.165) is 11.1 Å². The Morgan fingerprint density at radius 1 is 1.20 bits per heavy atom. The van der Waals surface area contributed by atoms with Crippen LogP contribution in [-0.2, 0) is 16.6 Å². The molecule has 20 heavy (non-hydrogen) atoms. The zero-order chi connectivity index (χ0) is 14.8. The molecule has 0 fully saturated rings. The van der Waals surface area contributed by atoms with Gasteiger partial charge in [0.15, 0.2) is 0 Å². The Labute approximate surface area is 123 Å². The zero-order valence-electron chi connectivity index (χ0n) is 10.8. The highest BCUT2D eigenvalue weighted by Gasteiger charge is 2.11. The third-order valence-corrected chi connectivity index (χ3v) is 4.08. The highest BCUT2D eigenvalue weighted by atomic mass is 35.5. The number of sulfonamides is 1. The number of benzene rings is 2. The van der Waals surface area contributed by atoms with E-state index in [9.17, 15) is 8.42 Å². The Bertz CT molecular complexity index is 729. The fraction of sp³-hybridized carbons (Fsp3) is 0.143. The molecule has 0 heterocycles. The van der Waals surface area contributed by atoms with E-state index in [4.69, 9.17) is 21.5 Å². The summed E-state index contributed by atoms with van der Waals surface area (Å²) in [5, 5.41) is 5.25. The first-order valence-electron chi connectivity index (χ1n) is 5.87. The van der Waals surface area contributed by atoms with Crippen LogP contribution in [0.15, 0.2) is 47.4 Å². The maximum Gasteiger partial charge on any atom is 0.238 e. The van der Waals surface area contributed by atoms with Crippen LogP contribution >= 0.6 is 11.6 Å². The van der Waals surface area contributed by atoms with Crippen LogP contribution in [-0.4, -0.2) is 8.42 Å². The summed E-state index contributed by atoms with van der Waals surface area (Å²) < 4.78 is 28.0. The SMILES string of the molecule is Cc1ccccc1COc1ccc(S(N)(=O)=O)cc1Cl. The van der Waals surface area contributed by atoms with Gasteiger partial charge < -0.3 is 4.74 Å². The van der Waals surface area contributed by atoms with Gasteiger partial charge in [-0.1, -0.05) is 35.9 Å². The standard InChI is InChI=1S/C14H14ClNO3S/c1-10-4-2-3-5-11(10)9-19-14-7-6-12(8-13(14)15)20(16,17)18/h2-8H,9H2,1H3,(H2,16,17,18). The van der Waals surface area contributed by atoms with Crippen LogP contribution in [0.2, 0.25) is 5.02 Å². The fourth-order valence-corrected chi connectivity index (χ4v) is 2.54. The first-order valence-corrected chi connectivity index (χ1v) is 7.80. The van der Waals surface area contributed by atoms with Crippen molar-refractivity contribution in [1.29, 1.82) is 0 Å². The molecule has 0 aliphatic rings. The van der Waals surface area contributed by atoms with Gasteiger partial charge in [0.1, 0.15) is 12.4 Å². The van der Waals surface area contributed by atoms with Gasteiger partial charge in [-0.3, -0.25) is 0 Å². The highest BCUT2D eigenvalue weighted by Crippen LogP contribution is 2.27. The monoisotopic (exact) mass is 311 g/mol. The van der Waals surface area contributed by atoms with E-state index in [2.05, 4.69) is 0 Å². The molecular weight excluding hydrogens is 298 g/mol. The van der Waals surface area contributed by atoms with E-state index in [1.165, 1.54) is 18.2 Å². The van der Waals surface area contributed by atoms with Gasteiger partial charge >= 0.3 is 0 Å². The van der Waals surface area contributed by atoms with Gasteiger partial charge in [-0.15, -0.1) is 0 Å². The minimum absolute atomic E-state index is 0.0364. The van der Waals surface area contributed by atoms with E-state index in [0.29, 0.717) is 12.4 Å². The molecule has 106 valence electrons. The number of primary sulfonamides is 1. The smallest absolute Gasteiger partial charge is 0.238 e. The molecular formula is C14H14ClNO3S. The van der Waals surface area contributed by atoms with Crippen molar-refractivity contribution in [3.63, 3.8) is 0 Å². The van der Waals surface area contributed by atoms with Gasteiger partial charge in [-0.25, -0.2) is 13.6 Å². The number of aryl methyl sites for hydroxylation is 1. The molecule has 0 spiro atoms. The summed E-state index contributed by atoms with van der Waals surface area (Å²) in [4.78, 5) is -0.0364. The van der Waals surface area contributed by atoms with Crippen molar-refractivity contribution in [3.05, 3.63) is 58.6 Å². The predicted molar refractivity (Wildman–Crippen MR) is 78.3 cm³/mol. The maximum atomic E-state index is 11.2. The molecule has 0 aliphatic carbocycles. The molecule has 2 rings (SSSR count). The molecule has 2 aromatic rings. The summed E-state index contributed by atoms with van der Waals surface area (Å²) in [6, 6.07) is 12.0. The Morgan fingerprint density at radius 2 is 1.90 bits per heavy atom. The van der Waals surface area contributed by atoms with Gasteiger partial charge in [0.2, 0.25) is 10.0 Å². The van der Waals surface area contributed by atoms with Crippen molar-refractivity contribution in [2.75, 3.05) is 0 Å². The number of hydrogen-bond donors (Lipinski definition) is 1. The largest absolute Gasteiger partial charge is 0.487 e. The first-order chi connectivity index (χ1) is 9.38. The normalized spacial score (nSPS) is 11.3. The lowest BCUT2D eigenvalue weighted by Gasteiger charge is -2.10. The third kappa shape index (κ3) is 3.50. The molecule has 4 nitrogen and oxygen atoms in total. The number of halogens is 1. The molecule has 0 unspecified atom stereocenters. The lowest BCUT2D eigenvalue weighted by molar-refractivity contribution is 0.305. The molecule has 0 atom stereocenters. The van der Waals surface area contributed by atoms with Gasteiger partial charge in [-0.05, 0) is 36.2 Å². The van der Waals surface area contributed by atoms with Crippen LogP contribution in [0.5, 0.6) is 5.75 Å². The van der Waals surface area contributed by atoms with Crippen LogP contribution in [0.25, 0.3) is 0 Å². The lowest BCUT2D eigenvalue weighted by atomic mass is 10.1. The summed E-state index contributed by atoms with van der Waals surface area (Å²) in [6.45, 7) is 2.35. The molecule has 6 heteroatoms. The summed E-state index contributed by atoms with van der Waals surface area (Å²) >= 11 is 6.00. The molecule has 2 N–H and O–H groups in total. The first kappa shape index (κ1) is 14.8. The molecule has 0 radical (unpaired) electrons. The number of rotatable bonds is 4. The van der Waals surface area contributed by atoms with E-state index in [1.54, 1.807) is 0 Å². The van der Waals surface area contributed by atoms with Crippen molar-refractivity contribution in [1.82, 2.24) is 0 Å². The minimum atomic E-state index is -3.76. The van der Waals surface area contributed by atoms with Gasteiger partial charge in [0, 0.05) is 0 Å².